The number of piperidine rings is 1. The van der Waals surface area contributed by atoms with Crippen molar-refractivity contribution < 1.29 is 4.79 Å². The number of nitrogens with zero attached hydrogens (tertiary/aromatic N) is 1. The average molecular weight is 211 g/mol. The first-order chi connectivity index (χ1) is 6.64. The van der Waals surface area contributed by atoms with Gasteiger partial charge in [0.2, 0.25) is 5.91 Å². The second-order valence-corrected chi connectivity index (χ2v) is 6.66. The van der Waals surface area contributed by atoms with Crippen molar-refractivity contribution in [3.8, 4) is 0 Å². The highest BCUT2D eigenvalue weighted by molar-refractivity contribution is 5.81. The molecule has 1 amide bonds. The van der Waals surface area contributed by atoms with Gasteiger partial charge in [0.1, 0.15) is 0 Å². The Morgan fingerprint density at radius 3 is 2.27 bits per heavy atom. The maximum Gasteiger partial charge on any atom is 0.227 e. The number of carbonyl (C=O) groups is 1. The fourth-order valence-corrected chi connectivity index (χ4v) is 2.11. The molecule has 0 aromatic rings. The van der Waals surface area contributed by atoms with Crippen LogP contribution < -0.4 is 0 Å². The van der Waals surface area contributed by atoms with Crippen LogP contribution in [-0.2, 0) is 4.79 Å². The van der Waals surface area contributed by atoms with E-state index in [0.717, 1.165) is 19.5 Å². The van der Waals surface area contributed by atoms with Crippen LogP contribution in [0.4, 0.5) is 0 Å². The molecule has 2 heteroatoms. The summed E-state index contributed by atoms with van der Waals surface area (Å²) in [5.74, 6) is 1.00. The highest BCUT2D eigenvalue weighted by atomic mass is 16.2. The molecule has 1 unspecified atom stereocenters. The molecule has 88 valence electrons. The Morgan fingerprint density at radius 1 is 1.33 bits per heavy atom. The third-order valence-corrected chi connectivity index (χ3v) is 3.69. The van der Waals surface area contributed by atoms with Gasteiger partial charge in [0, 0.05) is 18.5 Å². The lowest BCUT2D eigenvalue weighted by Gasteiger charge is -2.44. The van der Waals surface area contributed by atoms with E-state index in [1.165, 1.54) is 0 Å². The van der Waals surface area contributed by atoms with Crippen molar-refractivity contribution in [2.75, 3.05) is 13.1 Å². The summed E-state index contributed by atoms with van der Waals surface area (Å²) >= 11 is 0. The molecule has 1 fully saturated rings. The summed E-state index contributed by atoms with van der Waals surface area (Å²) in [6, 6.07) is 0. The minimum atomic E-state index is -0.239. The zero-order valence-corrected chi connectivity index (χ0v) is 11.1. The quantitative estimate of drug-likeness (QED) is 0.603. The molecule has 1 aliphatic heterocycles. The first-order valence-corrected chi connectivity index (χ1v) is 5.94. The normalized spacial score (nSPS) is 26.5. The molecule has 0 saturated carbocycles. The number of likely N-dealkylation sites (tertiary alicyclic amines) is 1. The maximum atomic E-state index is 12.1. The fourth-order valence-electron chi connectivity index (χ4n) is 2.11. The van der Waals surface area contributed by atoms with E-state index >= 15 is 0 Å². The summed E-state index contributed by atoms with van der Waals surface area (Å²) in [6.45, 7) is 14.7. The van der Waals surface area contributed by atoms with Gasteiger partial charge in [-0.2, -0.15) is 0 Å². The van der Waals surface area contributed by atoms with Crippen LogP contribution >= 0.6 is 0 Å². The smallest absolute Gasteiger partial charge is 0.227 e. The van der Waals surface area contributed by atoms with Crippen LogP contribution in [0.15, 0.2) is 0 Å². The minimum Gasteiger partial charge on any atom is -0.342 e. The van der Waals surface area contributed by atoms with Gasteiger partial charge in [-0.1, -0.05) is 41.5 Å². The first-order valence-electron chi connectivity index (χ1n) is 5.94. The van der Waals surface area contributed by atoms with Crippen LogP contribution in [0.1, 0.15) is 48.0 Å². The summed E-state index contributed by atoms with van der Waals surface area (Å²) in [5.41, 5.74) is 0.0236. The van der Waals surface area contributed by atoms with Crippen LogP contribution in [0.3, 0.4) is 0 Å². The van der Waals surface area contributed by atoms with Crippen LogP contribution in [0.2, 0.25) is 0 Å². The number of rotatable bonds is 0. The van der Waals surface area contributed by atoms with Crippen LogP contribution in [-0.4, -0.2) is 23.9 Å². The number of carbonyl (C=O) groups excluding carboxylic acids is 1. The fraction of sp³-hybridized carbons (Fsp3) is 0.923. The van der Waals surface area contributed by atoms with Crippen molar-refractivity contribution in [1.29, 1.82) is 0 Å². The van der Waals surface area contributed by atoms with Crippen LogP contribution in [0.5, 0.6) is 0 Å². The van der Waals surface area contributed by atoms with E-state index in [0.29, 0.717) is 11.8 Å². The maximum absolute atomic E-state index is 12.1. The van der Waals surface area contributed by atoms with Gasteiger partial charge in [0.05, 0.1) is 0 Å². The third-order valence-electron chi connectivity index (χ3n) is 3.69. The molecule has 15 heavy (non-hydrogen) atoms. The molecule has 1 saturated heterocycles. The summed E-state index contributed by atoms with van der Waals surface area (Å²) in [7, 11) is 0. The van der Waals surface area contributed by atoms with Crippen molar-refractivity contribution in [3.05, 3.63) is 0 Å². The van der Waals surface area contributed by atoms with E-state index in [1.54, 1.807) is 0 Å². The predicted molar refractivity (Wildman–Crippen MR) is 63.6 cm³/mol. The summed E-state index contributed by atoms with van der Waals surface area (Å²) in [5, 5.41) is 0. The molecule has 1 rings (SSSR count). The first kappa shape index (κ1) is 12.5. The van der Waals surface area contributed by atoms with E-state index in [-0.39, 0.29) is 10.8 Å². The van der Waals surface area contributed by atoms with E-state index in [1.807, 2.05) is 25.7 Å². The largest absolute Gasteiger partial charge is 0.342 e. The van der Waals surface area contributed by atoms with Gasteiger partial charge in [-0.3, -0.25) is 4.79 Å². The van der Waals surface area contributed by atoms with Crippen molar-refractivity contribution >= 4 is 5.91 Å². The van der Waals surface area contributed by atoms with Crippen molar-refractivity contribution in [3.63, 3.8) is 0 Å². The van der Waals surface area contributed by atoms with E-state index in [9.17, 15) is 4.79 Å². The second kappa shape index (κ2) is 3.80. The van der Waals surface area contributed by atoms with Gasteiger partial charge in [0.25, 0.3) is 0 Å². The third kappa shape index (κ3) is 2.73. The Kier molecular flexibility index (Phi) is 3.18. The molecule has 0 aliphatic carbocycles. The van der Waals surface area contributed by atoms with Gasteiger partial charge in [-0.25, -0.2) is 0 Å². The topological polar surface area (TPSA) is 20.3 Å². The molecule has 0 spiro atoms. The summed E-state index contributed by atoms with van der Waals surface area (Å²) < 4.78 is 0. The van der Waals surface area contributed by atoms with Gasteiger partial charge in [0.15, 0.2) is 0 Å². The van der Waals surface area contributed by atoms with Gasteiger partial charge < -0.3 is 4.90 Å². The zero-order valence-electron chi connectivity index (χ0n) is 11.1. The number of hydrogen-bond acceptors (Lipinski definition) is 1. The monoisotopic (exact) mass is 211 g/mol. The van der Waals surface area contributed by atoms with E-state index < -0.39 is 0 Å². The van der Waals surface area contributed by atoms with Crippen molar-refractivity contribution in [1.82, 2.24) is 4.90 Å². The molecular weight excluding hydrogens is 186 g/mol. The lowest BCUT2D eigenvalue weighted by molar-refractivity contribution is -0.143. The SMILES string of the molecule is CC1CCN(C(=O)C(C)(C)C)CC1(C)C. The molecule has 0 N–H and O–H groups in total. The molecule has 0 radical (unpaired) electrons. The molecule has 0 bridgehead atoms. The summed E-state index contributed by atoms with van der Waals surface area (Å²) in [4.78, 5) is 14.2. The lowest BCUT2D eigenvalue weighted by Crippen LogP contribution is -2.50. The van der Waals surface area contributed by atoms with Gasteiger partial charge in [-0.05, 0) is 17.8 Å². The van der Waals surface area contributed by atoms with Crippen molar-refractivity contribution in [2.24, 2.45) is 16.7 Å². The molecule has 1 aliphatic rings. The Hall–Kier alpha value is -0.530. The summed E-state index contributed by atoms with van der Waals surface area (Å²) in [6.07, 6.45) is 1.13. The molecule has 2 nitrogen and oxygen atoms in total. The highest BCUT2D eigenvalue weighted by Gasteiger charge is 2.37. The Bertz CT molecular complexity index is 250. The minimum absolute atomic E-state index is 0.239. The van der Waals surface area contributed by atoms with E-state index in [2.05, 4.69) is 20.8 Å². The van der Waals surface area contributed by atoms with Gasteiger partial charge in [-0.15, -0.1) is 0 Å². The number of amides is 1. The lowest BCUT2D eigenvalue weighted by atomic mass is 9.74. The second-order valence-electron chi connectivity index (χ2n) is 6.66. The predicted octanol–water partition coefficient (Wildman–Crippen LogP) is 2.93. The number of hydrogen-bond donors (Lipinski definition) is 0. The molecule has 0 aromatic heterocycles. The Morgan fingerprint density at radius 2 is 1.87 bits per heavy atom. The van der Waals surface area contributed by atoms with Crippen molar-refractivity contribution in [2.45, 2.75) is 48.0 Å². The Balaban J connectivity index is 2.72. The highest BCUT2D eigenvalue weighted by Crippen LogP contribution is 2.35. The average Bonchev–Trinajstić information content (AvgIpc) is 2.07. The molecular formula is C13H25NO. The molecule has 1 atom stereocenters. The van der Waals surface area contributed by atoms with Gasteiger partial charge >= 0.3 is 0 Å². The standard InChI is InChI=1S/C13H25NO/c1-10-7-8-14(9-13(10,5)6)11(15)12(2,3)4/h10H,7-9H2,1-6H3. The molecule has 0 aromatic carbocycles. The van der Waals surface area contributed by atoms with E-state index in [4.69, 9.17) is 0 Å². The molecule has 1 heterocycles. The zero-order chi connectivity index (χ0) is 11.9. The van der Waals surface area contributed by atoms with Crippen LogP contribution in [0.25, 0.3) is 0 Å². The van der Waals surface area contributed by atoms with Crippen LogP contribution in [0, 0.1) is 16.7 Å². The Labute approximate surface area is 94.0 Å².